The largest absolute Gasteiger partial charge is 0.388 e. The second-order valence-electron chi connectivity index (χ2n) is 6.37. The second-order valence-corrected chi connectivity index (χ2v) is 6.37. The molecule has 0 fully saturated rings. The summed E-state index contributed by atoms with van der Waals surface area (Å²) < 4.78 is 0. The summed E-state index contributed by atoms with van der Waals surface area (Å²) in [6.07, 6.45) is 5.65. The molecule has 0 spiro atoms. The van der Waals surface area contributed by atoms with Crippen LogP contribution < -0.4 is 0 Å². The number of hydrogen-bond donors (Lipinski definition) is 1. The fraction of sp³-hybridized carbons (Fsp3) is 0.227. The standard InChI is InChI=1S/C22H23NO2/c1-2-7-22(25)19-11-6-10-18(14-19)21-15-20(24)12-13-23(21)16-17-8-4-3-5-9-17/h2-6,8-14,21-22,25H,1,7,15-16H2. The molecule has 2 unspecified atom stereocenters. The van der Waals surface area contributed by atoms with Crippen LogP contribution in [0.15, 0.2) is 79.5 Å². The predicted molar refractivity (Wildman–Crippen MR) is 99.7 cm³/mol. The summed E-state index contributed by atoms with van der Waals surface area (Å²) in [6, 6.07) is 18.1. The van der Waals surface area contributed by atoms with Crippen molar-refractivity contribution in [2.75, 3.05) is 0 Å². The Bertz CT molecular complexity index is 767. The monoisotopic (exact) mass is 333 g/mol. The molecule has 2 atom stereocenters. The lowest BCUT2D eigenvalue weighted by molar-refractivity contribution is -0.116. The average Bonchev–Trinajstić information content (AvgIpc) is 2.64. The third-order valence-electron chi connectivity index (χ3n) is 4.52. The zero-order chi connectivity index (χ0) is 17.6. The first-order valence-electron chi connectivity index (χ1n) is 8.57. The molecule has 3 heteroatoms. The molecule has 0 bridgehead atoms. The molecule has 2 aromatic rings. The van der Waals surface area contributed by atoms with E-state index in [1.165, 1.54) is 5.56 Å². The summed E-state index contributed by atoms with van der Waals surface area (Å²) in [6.45, 7) is 4.43. The highest BCUT2D eigenvalue weighted by atomic mass is 16.3. The summed E-state index contributed by atoms with van der Waals surface area (Å²) in [5.41, 5.74) is 3.11. The molecule has 1 aliphatic rings. The third kappa shape index (κ3) is 4.25. The van der Waals surface area contributed by atoms with Crippen molar-refractivity contribution in [3.05, 3.63) is 96.2 Å². The van der Waals surface area contributed by atoms with Gasteiger partial charge in [0, 0.05) is 19.2 Å². The molecule has 3 nitrogen and oxygen atoms in total. The molecule has 0 saturated heterocycles. The molecule has 1 N–H and O–H groups in total. The lowest BCUT2D eigenvalue weighted by atomic mass is 9.94. The zero-order valence-corrected chi connectivity index (χ0v) is 14.2. The van der Waals surface area contributed by atoms with Crippen LogP contribution in [0, 0.1) is 0 Å². The Labute approximate surface area is 148 Å². The molecule has 128 valence electrons. The van der Waals surface area contributed by atoms with E-state index >= 15 is 0 Å². The molecule has 2 aromatic carbocycles. The zero-order valence-electron chi connectivity index (χ0n) is 14.2. The maximum absolute atomic E-state index is 12.0. The van der Waals surface area contributed by atoms with E-state index in [0.29, 0.717) is 12.8 Å². The number of allylic oxidation sites excluding steroid dienone is 1. The Morgan fingerprint density at radius 1 is 1.20 bits per heavy atom. The van der Waals surface area contributed by atoms with Crippen molar-refractivity contribution in [2.45, 2.75) is 31.5 Å². The van der Waals surface area contributed by atoms with Gasteiger partial charge in [-0.2, -0.15) is 0 Å². The summed E-state index contributed by atoms with van der Waals surface area (Å²) in [5, 5.41) is 10.2. The van der Waals surface area contributed by atoms with Crippen molar-refractivity contribution in [2.24, 2.45) is 0 Å². The smallest absolute Gasteiger partial charge is 0.159 e. The number of benzene rings is 2. The molecular weight excluding hydrogens is 310 g/mol. The van der Waals surface area contributed by atoms with Gasteiger partial charge in [0.1, 0.15) is 0 Å². The Morgan fingerprint density at radius 3 is 2.76 bits per heavy atom. The van der Waals surface area contributed by atoms with E-state index in [4.69, 9.17) is 0 Å². The quantitative estimate of drug-likeness (QED) is 0.800. The first-order valence-corrected chi connectivity index (χ1v) is 8.57. The summed E-state index contributed by atoms with van der Waals surface area (Å²) in [7, 11) is 0. The number of hydrogen-bond acceptors (Lipinski definition) is 3. The van der Waals surface area contributed by atoms with Crippen molar-refractivity contribution in [3.63, 3.8) is 0 Å². The molecule has 25 heavy (non-hydrogen) atoms. The summed E-state index contributed by atoms with van der Waals surface area (Å²) >= 11 is 0. The van der Waals surface area contributed by atoms with Gasteiger partial charge in [0.15, 0.2) is 5.78 Å². The second kappa shape index (κ2) is 7.95. The maximum atomic E-state index is 12.0. The van der Waals surface area contributed by atoms with Crippen LogP contribution in [0.4, 0.5) is 0 Å². The van der Waals surface area contributed by atoms with E-state index in [1.807, 2.05) is 48.7 Å². The number of rotatable bonds is 6. The molecule has 3 rings (SSSR count). The Hall–Kier alpha value is -2.65. The first-order chi connectivity index (χ1) is 12.2. The number of nitrogens with zero attached hydrogens (tertiary/aromatic N) is 1. The molecule has 0 radical (unpaired) electrons. The van der Waals surface area contributed by atoms with Crippen LogP contribution in [0.25, 0.3) is 0 Å². The minimum Gasteiger partial charge on any atom is -0.388 e. The van der Waals surface area contributed by atoms with Crippen molar-refractivity contribution in [1.82, 2.24) is 4.90 Å². The molecule has 0 aliphatic carbocycles. The normalized spacial score (nSPS) is 18.2. The Morgan fingerprint density at radius 2 is 2.00 bits per heavy atom. The van der Waals surface area contributed by atoms with Crippen molar-refractivity contribution in [1.29, 1.82) is 0 Å². The molecule has 0 aromatic heterocycles. The summed E-state index contributed by atoms with van der Waals surface area (Å²) in [4.78, 5) is 14.2. The maximum Gasteiger partial charge on any atom is 0.159 e. The summed E-state index contributed by atoms with van der Waals surface area (Å²) in [5.74, 6) is 0.131. The van der Waals surface area contributed by atoms with Crippen LogP contribution in [-0.4, -0.2) is 15.8 Å². The lowest BCUT2D eigenvalue weighted by Gasteiger charge is -2.33. The van der Waals surface area contributed by atoms with Gasteiger partial charge >= 0.3 is 0 Å². The number of aliphatic hydroxyl groups excluding tert-OH is 1. The fourth-order valence-corrected chi connectivity index (χ4v) is 3.19. The van der Waals surface area contributed by atoms with Gasteiger partial charge in [-0.15, -0.1) is 6.58 Å². The minimum absolute atomic E-state index is 0.0198. The van der Waals surface area contributed by atoms with Gasteiger partial charge in [0.25, 0.3) is 0 Å². The van der Waals surface area contributed by atoms with Crippen LogP contribution in [0.3, 0.4) is 0 Å². The number of ketones is 1. The van der Waals surface area contributed by atoms with Gasteiger partial charge in [-0.3, -0.25) is 4.79 Å². The SMILES string of the molecule is C=CCC(O)c1cccc(C2CC(=O)C=CN2Cc2ccccc2)c1. The number of carbonyl (C=O) groups excluding carboxylic acids is 1. The molecule has 1 heterocycles. The topological polar surface area (TPSA) is 40.5 Å². The van der Waals surface area contributed by atoms with Crippen LogP contribution in [0.1, 0.15) is 41.7 Å². The van der Waals surface area contributed by atoms with E-state index in [2.05, 4.69) is 23.6 Å². The van der Waals surface area contributed by atoms with Gasteiger partial charge in [-0.25, -0.2) is 0 Å². The third-order valence-corrected chi connectivity index (χ3v) is 4.52. The van der Waals surface area contributed by atoms with Gasteiger partial charge in [0.05, 0.1) is 12.1 Å². The predicted octanol–water partition coefficient (Wildman–Crippen LogP) is 4.33. The number of aliphatic hydroxyl groups is 1. The highest BCUT2D eigenvalue weighted by molar-refractivity contribution is 5.90. The molecule has 0 saturated carbocycles. The van der Waals surface area contributed by atoms with E-state index < -0.39 is 6.10 Å². The van der Waals surface area contributed by atoms with Crippen molar-refractivity contribution in [3.8, 4) is 0 Å². The van der Waals surface area contributed by atoms with Crippen LogP contribution >= 0.6 is 0 Å². The van der Waals surface area contributed by atoms with Gasteiger partial charge in [-0.1, -0.05) is 60.7 Å². The van der Waals surface area contributed by atoms with Crippen molar-refractivity contribution < 1.29 is 9.90 Å². The van der Waals surface area contributed by atoms with Crippen LogP contribution in [0.5, 0.6) is 0 Å². The highest BCUT2D eigenvalue weighted by Crippen LogP contribution is 2.31. The molecule has 1 aliphatic heterocycles. The van der Waals surface area contributed by atoms with E-state index in [-0.39, 0.29) is 11.8 Å². The van der Waals surface area contributed by atoms with Crippen LogP contribution in [-0.2, 0) is 11.3 Å². The van der Waals surface area contributed by atoms with Gasteiger partial charge < -0.3 is 10.0 Å². The van der Waals surface area contributed by atoms with E-state index in [1.54, 1.807) is 12.2 Å². The van der Waals surface area contributed by atoms with Crippen LogP contribution in [0.2, 0.25) is 0 Å². The fourth-order valence-electron chi connectivity index (χ4n) is 3.19. The average molecular weight is 333 g/mol. The lowest BCUT2D eigenvalue weighted by Crippen LogP contribution is -2.28. The van der Waals surface area contributed by atoms with Gasteiger partial charge in [-0.05, 0) is 29.2 Å². The van der Waals surface area contributed by atoms with Crippen molar-refractivity contribution >= 4 is 5.78 Å². The van der Waals surface area contributed by atoms with E-state index in [0.717, 1.165) is 17.7 Å². The first kappa shape index (κ1) is 17.2. The molecule has 0 amide bonds. The number of carbonyl (C=O) groups is 1. The Kier molecular flexibility index (Phi) is 5.46. The minimum atomic E-state index is -0.560. The molecular formula is C22H23NO2. The Balaban J connectivity index is 1.87. The van der Waals surface area contributed by atoms with E-state index in [9.17, 15) is 9.90 Å². The highest BCUT2D eigenvalue weighted by Gasteiger charge is 2.24. The van der Waals surface area contributed by atoms with Gasteiger partial charge in [0.2, 0.25) is 0 Å².